The summed E-state index contributed by atoms with van der Waals surface area (Å²) in [5.74, 6) is 0. The zero-order chi connectivity index (χ0) is 12.4. The van der Waals surface area contributed by atoms with Crippen molar-refractivity contribution in [2.24, 2.45) is 0 Å². The molecule has 2 heteroatoms. The van der Waals surface area contributed by atoms with Crippen LogP contribution in [0.2, 0.25) is 0 Å². The van der Waals surface area contributed by atoms with Crippen molar-refractivity contribution in [1.29, 1.82) is 0 Å². The molecule has 1 aliphatic rings. The van der Waals surface area contributed by atoms with Crippen LogP contribution < -0.4 is 5.73 Å². The Morgan fingerprint density at radius 3 is 2.11 bits per heavy atom. The summed E-state index contributed by atoms with van der Waals surface area (Å²) < 4.78 is 0. The van der Waals surface area contributed by atoms with E-state index in [-0.39, 0.29) is 0 Å². The van der Waals surface area contributed by atoms with Crippen molar-refractivity contribution < 1.29 is 0 Å². The summed E-state index contributed by atoms with van der Waals surface area (Å²) >= 11 is 0. The molecule has 0 spiro atoms. The molecular formula is C16H18N2. The van der Waals surface area contributed by atoms with Crippen LogP contribution >= 0.6 is 0 Å². The summed E-state index contributed by atoms with van der Waals surface area (Å²) in [5.41, 5.74) is 10.9. The molecule has 18 heavy (non-hydrogen) atoms. The van der Waals surface area contributed by atoms with Crippen molar-refractivity contribution in [2.75, 3.05) is 12.3 Å². The quantitative estimate of drug-likeness (QED) is 0.833. The van der Waals surface area contributed by atoms with Gasteiger partial charge in [-0.2, -0.15) is 0 Å². The fraction of sp³-hybridized carbons (Fsp3) is 0.250. The zero-order valence-corrected chi connectivity index (χ0v) is 10.5. The van der Waals surface area contributed by atoms with Gasteiger partial charge in [-0.3, -0.25) is 4.90 Å². The predicted molar refractivity (Wildman–Crippen MR) is 75.1 cm³/mol. The molecule has 1 heterocycles. The molecule has 2 nitrogen and oxygen atoms in total. The summed E-state index contributed by atoms with van der Waals surface area (Å²) in [4.78, 5) is 2.50. The first-order valence-corrected chi connectivity index (χ1v) is 6.45. The van der Waals surface area contributed by atoms with Crippen molar-refractivity contribution in [1.82, 2.24) is 4.90 Å². The van der Waals surface area contributed by atoms with Gasteiger partial charge < -0.3 is 5.73 Å². The first-order valence-electron chi connectivity index (χ1n) is 6.45. The molecule has 2 N–H and O–H groups in total. The van der Waals surface area contributed by atoms with Crippen molar-refractivity contribution in [3.63, 3.8) is 0 Å². The highest BCUT2D eigenvalue weighted by atomic mass is 15.1. The highest BCUT2D eigenvalue weighted by Gasteiger charge is 2.17. The van der Waals surface area contributed by atoms with Gasteiger partial charge in [-0.1, -0.05) is 36.4 Å². The molecule has 3 rings (SSSR count). The average Bonchev–Trinajstić information content (AvgIpc) is 2.81. The minimum absolute atomic E-state index is 0.840. The predicted octanol–water partition coefficient (Wildman–Crippen LogP) is 2.83. The molecular weight excluding hydrogens is 220 g/mol. The molecule has 0 amide bonds. The van der Waals surface area contributed by atoms with Crippen LogP contribution in [0.5, 0.6) is 0 Å². The molecule has 2 aromatic carbocycles. The number of hydrogen-bond acceptors (Lipinski definition) is 2. The summed E-state index contributed by atoms with van der Waals surface area (Å²) in [6.07, 6.45) is 1.09. The van der Waals surface area contributed by atoms with E-state index in [1.165, 1.54) is 16.7 Å². The van der Waals surface area contributed by atoms with E-state index >= 15 is 0 Å². The Morgan fingerprint density at radius 1 is 0.889 bits per heavy atom. The van der Waals surface area contributed by atoms with Crippen LogP contribution in [0.3, 0.4) is 0 Å². The monoisotopic (exact) mass is 238 g/mol. The smallest absolute Gasteiger partial charge is 0.0314 e. The van der Waals surface area contributed by atoms with E-state index in [1.807, 2.05) is 12.1 Å². The lowest BCUT2D eigenvalue weighted by Gasteiger charge is -2.14. The lowest BCUT2D eigenvalue weighted by molar-refractivity contribution is 0.288. The fourth-order valence-electron chi connectivity index (χ4n) is 2.53. The number of nitrogens with zero attached hydrogens (tertiary/aromatic N) is 1. The van der Waals surface area contributed by atoms with Crippen molar-refractivity contribution in [2.45, 2.75) is 19.5 Å². The fourth-order valence-corrected chi connectivity index (χ4v) is 2.53. The number of fused-ring (bicyclic) bond motifs is 1. The lowest BCUT2D eigenvalue weighted by Crippen LogP contribution is -2.19. The molecule has 0 saturated heterocycles. The Balaban J connectivity index is 1.58. The molecule has 2 aromatic rings. The van der Waals surface area contributed by atoms with Crippen molar-refractivity contribution in [3.8, 4) is 0 Å². The lowest BCUT2D eigenvalue weighted by atomic mass is 10.1. The van der Waals surface area contributed by atoms with Crippen LogP contribution in [0.1, 0.15) is 16.7 Å². The number of nitrogens with two attached hydrogens (primary N) is 1. The highest BCUT2D eigenvalue weighted by Crippen LogP contribution is 2.22. The van der Waals surface area contributed by atoms with Gasteiger partial charge >= 0.3 is 0 Å². The minimum Gasteiger partial charge on any atom is -0.399 e. The molecule has 0 radical (unpaired) electrons. The average molecular weight is 238 g/mol. The summed E-state index contributed by atoms with van der Waals surface area (Å²) in [6.45, 7) is 3.29. The van der Waals surface area contributed by atoms with Gasteiger partial charge in [0.05, 0.1) is 0 Å². The third-order valence-electron chi connectivity index (χ3n) is 3.60. The van der Waals surface area contributed by atoms with Gasteiger partial charge in [0, 0.05) is 25.3 Å². The van der Waals surface area contributed by atoms with Gasteiger partial charge in [-0.05, 0) is 35.2 Å². The van der Waals surface area contributed by atoms with E-state index in [9.17, 15) is 0 Å². The summed E-state index contributed by atoms with van der Waals surface area (Å²) in [5, 5.41) is 0. The van der Waals surface area contributed by atoms with Crippen molar-refractivity contribution in [3.05, 3.63) is 65.2 Å². The first-order chi connectivity index (χ1) is 8.81. The number of nitrogen functional groups attached to an aromatic ring is 1. The second kappa shape index (κ2) is 4.83. The maximum atomic E-state index is 5.69. The van der Waals surface area contributed by atoms with Crippen LogP contribution in [0.4, 0.5) is 5.69 Å². The number of hydrogen-bond donors (Lipinski definition) is 1. The molecule has 92 valence electrons. The van der Waals surface area contributed by atoms with E-state index in [0.29, 0.717) is 0 Å². The third-order valence-corrected chi connectivity index (χ3v) is 3.60. The molecule has 0 fully saturated rings. The Bertz CT molecular complexity index is 506. The maximum Gasteiger partial charge on any atom is 0.0314 e. The topological polar surface area (TPSA) is 29.3 Å². The van der Waals surface area contributed by atoms with Crippen LogP contribution in [0.15, 0.2) is 48.5 Å². The number of benzene rings is 2. The third kappa shape index (κ3) is 2.39. The van der Waals surface area contributed by atoms with Crippen LogP contribution in [0.25, 0.3) is 0 Å². The normalized spacial score (nSPS) is 14.7. The largest absolute Gasteiger partial charge is 0.399 e. The first kappa shape index (κ1) is 11.3. The maximum absolute atomic E-state index is 5.69. The summed E-state index contributed by atoms with van der Waals surface area (Å²) in [7, 11) is 0. The van der Waals surface area contributed by atoms with Gasteiger partial charge in [0.2, 0.25) is 0 Å². The van der Waals surface area contributed by atoms with E-state index in [2.05, 4.69) is 41.3 Å². The van der Waals surface area contributed by atoms with Crippen LogP contribution in [-0.2, 0) is 19.5 Å². The van der Waals surface area contributed by atoms with E-state index in [0.717, 1.165) is 31.7 Å². The Labute approximate surface area is 108 Å². The second-order valence-corrected chi connectivity index (χ2v) is 4.97. The number of anilines is 1. The van der Waals surface area contributed by atoms with E-state index < -0.39 is 0 Å². The zero-order valence-electron chi connectivity index (χ0n) is 10.5. The molecule has 0 atom stereocenters. The van der Waals surface area contributed by atoms with Gasteiger partial charge in [0.25, 0.3) is 0 Å². The Morgan fingerprint density at radius 2 is 1.50 bits per heavy atom. The SMILES string of the molecule is Nc1ccc(CCN2Cc3ccccc3C2)cc1. The van der Waals surface area contributed by atoms with Gasteiger partial charge in [-0.25, -0.2) is 0 Å². The molecule has 0 bridgehead atoms. The summed E-state index contributed by atoms with van der Waals surface area (Å²) in [6, 6.07) is 16.9. The van der Waals surface area contributed by atoms with E-state index in [4.69, 9.17) is 5.73 Å². The molecule has 0 aliphatic carbocycles. The second-order valence-electron chi connectivity index (χ2n) is 4.97. The van der Waals surface area contributed by atoms with Crippen molar-refractivity contribution >= 4 is 5.69 Å². The highest BCUT2D eigenvalue weighted by molar-refractivity contribution is 5.39. The Kier molecular flexibility index (Phi) is 3.03. The molecule has 0 saturated carbocycles. The molecule has 1 aliphatic heterocycles. The minimum atomic E-state index is 0.840. The van der Waals surface area contributed by atoms with Crippen LogP contribution in [0, 0.1) is 0 Å². The van der Waals surface area contributed by atoms with Crippen LogP contribution in [-0.4, -0.2) is 11.4 Å². The molecule has 0 aromatic heterocycles. The van der Waals surface area contributed by atoms with Gasteiger partial charge in [-0.15, -0.1) is 0 Å². The van der Waals surface area contributed by atoms with Gasteiger partial charge in [0.1, 0.15) is 0 Å². The Hall–Kier alpha value is -1.80. The number of rotatable bonds is 3. The standard InChI is InChI=1S/C16H18N2/c17-16-7-5-13(6-8-16)9-10-18-11-14-3-1-2-4-15(14)12-18/h1-8H,9-12,17H2. The molecule has 0 unspecified atom stereocenters. The van der Waals surface area contributed by atoms with E-state index in [1.54, 1.807) is 0 Å². The van der Waals surface area contributed by atoms with Gasteiger partial charge in [0.15, 0.2) is 0 Å².